The monoisotopic (exact) mass is 1230 g/mol. The Morgan fingerprint density at radius 1 is 0.524 bits per heavy atom. The van der Waals surface area contributed by atoms with Crippen LogP contribution in [0.15, 0.2) is 97.1 Å². The number of carbonyl (C=O) groups is 1. The lowest BCUT2D eigenvalue weighted by Crippen LogP contribution is -2.65. The molecule has 7 atom stereocenters. The van der Waals surface area contributed by atoms with Crippen molar-refractivity contribution in [3.05, 3.63) is 119 Å². The topological polar surface area (TPSA) is 130 Å². The Kier molecular flexibility index (Phi) is 25.7. The molecule has 0 bridgehead atoms. The van der Waals surface area contributed by atoms with Crippen molar-refractivity contribution in [1.82, 2.24) is 0 Å². The molecule has 3 fully saturated rings. The SMILES string of the molecule is CCC(CC(CC(CC(CC(C)c1ccc(O)cc1)C(=O)OC1CCCCC1)c1ccc(OC(C)C)cc1)c1ccc(OC(C)OCCC2CCCCC2)cc1)c1ccc(OC(C)OCCC[Si]2(C)O[Si](C)(C)O[Si](C)(C)O[Si](C)(C)O2)cc1. The predicted molar refractivity (Wildman–Crippen MR) is 346 cm³/mol. The predicted octanol–water partition coefficient (Wildman–Crippen LogP) is 18.2. The third-order valence-corrected chi connectivity index (χ3v) is 33.7. The van der Waals surface area contributed by atoms with Crippen LogP contribution in [0, 0.1) is 11.8 Å². The summed E-state index contributed by atoms with van der Waals surface area (Å²) in [5, 5.41) is 10.2. The Labute approximate surface area is 510 Å². The maximum atomic E-state index is 14.8. The van der Waals surface area contributed by atoms with Crippen LogP contribution >= 0.6 is 0 Å². The van der Waals surface area contributed by atoms with E-state index in [0.29, 0.717) is 26.1 Å². The Morgan fingerprint density at radius 2 is 0.964 bits per heavy atom. The van der Waals surface area contributed by atoms with E-state index in [1.54, 1.807) is 12.1 Å². The van der Waals surface area contributed by atoms with Crippen LogP contribution in [0.25, 0.3) is 0 Å². The van der Waals surface area contributed by atoms with E-state index in [0.717, 1.165) is 92.6 Å². The summed E-state index contributed by atoms with van der Waals surface area (Å²) in [4.78, 5) is 14.8. The van der Waals surface area contributed by atoms with Crippen LogP contribution in [-0.4, -0.2) is 83.3 Å². The largest absolute Gasteiger partial charge is 0.508 e. The summed E-state index contributed by atoms with van der Waals surface area (Å²) in [6.07, 6.45) is 16.7. The molecule has 7 unspecified atom stereocenters. The van der Waals surface area contributed by atoms with Gasteiger partial charge < -0.3 is 50.0 Å². The van der Waals surface area contributed by atoms with E-state index < -0.39 is 40.5 Å². The molecular formula is C68H106O12Si4. The highest BCUT2D eigenvalue weighted by molar-refractivity contribution is 6.93. The van der Waals surface area contributed by atoms with E-state index in [-0.39, 0.29) is 59.8 Å². The van der Waals surface area contributed by atoms with Crippen molar-refractivity contribution in [1.29, 1.82) is 0 Å². The maximum Gasteiger partial charge on any atom is 0.317 e. The van der Waals surface area contributed by atoms with E-state index in [1.165, 1.54) is 55.2 Å². The zero-order valence-electron chi connectivity index (χ0n) is 53.6. The highest BCUT2D eigenvalue weighted by Crippen LogP contribution is 2.44. The van der Waals surface area contributed by atoms with Crippen molar-refractivity contribution in [2.45, 2.75) is 251 Å². The third kappa shape index (κ3) is 22.4. The van der Waals surface area contributed by atoms with Gasteiger partial charge in [0.1, 0.15) is 29.1 Å². The number of benzene rings is 4. The Balaban J connectivity index is 1.11. The van der Waals surface area contributed by atoms with Crippen molar-refractivity contribution in [2.24, 2.45) is 11.8 Å². The molecule has 3 aliphatic rings. The van der Waals surface area contributed by atoms with Crippen molar-refractivity contribution >= 4 is 40.2 Å². The zero-order chi connectivity index (χ0) is 60.5. The maximum absolute atomic E-state index is 14.8. The van der Waals surface area contributed by atoms with Crippen LogP contribution in [0.3, 0.4) is 0 Å². The van der Waals surface area contributed by atoms with Crippen LogP contribution in [0.5, 0.6) is 23.0 Å². The molecule has 466 valence electrons. The molecule has 7 rings (SSSR count). The molecule has 1 aliphatic heterocycles. The van der Waals surface area contributed by atoms with Crippen molar-refractivity contribution in [2.75, 3.05) is 13.2 Å². The lowest BCUT2D eigenvalue weighted by atomic mass is 9.74. The van der Waals surface area contributed by atoms with E-state index in [1.807, 2.05) is 39.8 Å². The lowest BCUT2D eigenvalue weighted by molar-refractivity contribution is -0.156. The Morgan fingerprint density at radius 3 is 1.48 bits per heavy atom. The summed E-state index contributed by atoms with van der Waals surface area (Å²) in [7, 11) is -9.90. The van der Waals surface area contributed by atoms with Gasteiger partial charge in [0.2, 0.25) is 0 Å². The van der Waals surface area contributed by atoms with Crippen molar-refractivity contribution in [3.63, 3.8) is 0 Å². The molecule has 0 aromatic heterocycles. The summed E-state index contributed by atoms with van der Waals surface area (Å²) >= 11 is 0. The number of carbonyl (C=O) groups excluding carboxylic acids is 1. The Hall–Kier alpha value is -3.82. The quantitative estimate of drug-likeness (QED) is 0.0231. The number of aromatic hydroxyl groups is 1. The van der Waals surface area contributed by atoms with Crippen LogP contribution < -0.4 is 14.2 Å². The molecule has 12 nitrogen and oxygen atoms in total. The van der Waals surface area contributed by atoms with Gasteiger partial charge in [0, 0.05) is 0 Å². The van der Waals surface area contributed by atoms with Gasteiger partial charge in [-0.05, 0) is 251 Å². The average Bonchev–Trinajstić information content (AvgIpc) is 2.37. The molecule has 4 aromatic rings. The molecule has 1 heterocycles. The van der Waals surface area contributed by atoms with Gasteiger partial charge in [-0.25, -0.2) is 0 Å². The van der Waals surface area contributed by atoms with Gasteiger partial charge in [-0.1, -0.05) is 101 Å². The van der Waals surface area contributed by atoms with Crippen LogP contribution in [0.2, 0.25) is 51.9 Å². The fourth-order valence-electron chi connectivity index (χ4n) is 13.5. The van der Waals surface area contributed by atoms with E-state index in [2.05, 4.69) is 132 Å². The first-order valence-corrected chi connectivity index (χ1v) is 43.2. The first kappa shape index (κ1) is 67.7. The van der Waals surface area contributed by atoms with Crippen molar-refractivity contribution in [3.8, 4) is 23.0 Å². The molecule has 16 heteroatoms. The second-order valence-electron chi connectivity index (χ2n) is 26.5. The van der Waals surface area contributed by atoms with E-state index in [4.69, 9.17) is 44.9 Å². The highest BCUT2D eigenvalue weighted by atomic mass is 28.5. The van der Waals surface area contributed by atoms with Crippen molar-refractivity contribution < 1.29 is 54.8 Å². The molecule has 2 aliphatic carbocycles. The molecule has 84 heavy (non-hydrogen) atoms. The molecule has 4 aromatic carbocycles. The highest BCUT2D eigenvalue weighted by Gasteiger charge is 2.52. The number of phenolic OH excluding ortho intramolecular Hbond substituents is 1. The summed E-state index contributed by atoms with van der Waals surface area (Å²) in [5.74, 6) is 3.30. The summed E-state index contributed by atoms with van der Waals surface area (Å²) in [5.41, 5.74) is 4.75. The van der Waals surface area contributed by atoms with Gasteiger partial charge in [-0.2, -0.15) is 0 Å². The van der Waals surface area contributed by atoms with Gasteiger partial charge >= 0.3 is 40.2 Å². The smallest absolute Gasteiger partial charge is 0.317 e. The minimum Gasteiger partial charge on any atom is -0.508 e. The van der Waals surface area contributed by atoms with Crippen LogP contribution in [0.4, 0.5) is 0 Å². The molecule has 0 radical (unpaired) electrons. The second-order valence-corrected chi connectivity index (χ2v) is 40.9. The van der Waals surface area contributed by atoms with Crippen LogP contribution in [-0.2, 0) is 35.5 Å². The number of rotatable bonds is 30. The summed E-state index contributed by atoms with van der Waals surface area (Å²) < 4.78 is 64.7. The minimum absolute atomic E-state index is 0.00335. The molecule has 1 N–H and O–H groups in total. The standard InChI is InChI=1S/C68H106O12Si4/c1-14-55(57-28-38-66(39-29-57)74-52(5)71-43-21-45-84(13)79-82(9,10)77-81(7,8)78-83(11,12)80-84)47-60(58-32-40-67(41-33-58)75-53(6)72-44-42-54-22-17-15-18-23-54)48-61(59-30-36-65(37-31-59)73-50(2)3)49-62(68(70)76-64-24-19-16-20-25-64)46-51(4)56-26-34-63(69)35-27-56/h26-41,50-55,60-62,64,69H,14-25,42-49H2,1-13H3. The van der Waals surface area contributed by atoms with E-state index >= 15 is 0 Å². The first-order valence-electron chi connectivity index (χ1n) is 32.3. The molecular weight excluding hydrogens is 1120 g/mol. The number of ether oxygens (including phenoxy) is 6. The summed E-state index contributed by atoms with van der Waals surface area (Å²) in [6.45, 7) is 28.5. The second kappa shape index (κ2) is 31.9. The van der Waals surface area contributed by atoms with Gasteiger partial charge in [0.05, 0.1) is 25.2 Å². The average molecular weight is 1230 g/mol. The lowest BCUT2D eigenvalue weighted by Gasteiger charge is -2.47. The molecule has 1 saturated heterocycles. The number of hydrogen-bond donors (Lipinski definition) is 1. The third-order valence-electron chi connectivity index (χ3n) is 17.1. The van der Waals surface area contributed by atoms with Gasteiger partial charge in [0.25, 0.3) is 0 Å². The zero-order valence-corrected chi connectivity index (χ0v) is 57.6. The van der Waals surface area contributed by atoms with Gasteiger partial charge in [-0.15, -0.1) is 0 Å². The van der Waals surface area contributed by atoms with Crippen LogP contribution in [0.1, 0.15) is 197 Å². The van der Waals surface area contributed by atoms with Gasteiger partial charge in [0.15, 0.2) is 12.6 Å². The number of esters is 1. The first-order chi connectivity index (χ1) is 39.9. The minimum atomic E-state index is -2.61. The molecule has 2 saturated carbocycles. The fourth-order valence-corrected chi connectivity index (χ4v) is 35.1. The number of phenols is 1. The van der Waals surface area contributed by atoms with E-state index in [9.17, 15) is 9.90 Å². The summed E-state index contributed by atoms with van der Waals surface area (Å²) in [6, 6.07) is 34.1. The Bertz CT molecular complexity index is 2530. The van der Waals surface area contributed by atoms with Gasteiger partial charge in [-0.3, -0.25) is 4.79 Å². The normalized spacial score (nSPS) is 20.7. The number of hydrogen-bond acceptors (Lipinski definition) is 12. The molecule has 0 spiro atoms. The fraction of sp³-hybridized carbons (Fsp3) is 0.632. The molecule has 0 amide bonds.